The van der Waals surface area contributed by atoms with Gasteiger partial charge in [-0.3, -0.25) is 0 Å². The zero-order valence-corrected chi connectivity index (χ0v) is 11.0. The highest BCUT2D eigenvalue weighted by atomic mass is 32.1. The molecule has 2 rings (SSSR count). The van der Waals surface area contributed by atoms with E-state index in [1.165, 1.54) is 38.5 Å². The molecule has 2 saturated carbocycles. The summed E-state index contributed by atoms with van der Waals surface area (Å²) in [7, 11) is 0. The predicted octanol–water partition coefficient (Wildman–Crippen LogP) is 3.04. The van der Waals surface area contributed by atoms with Crippen LogP contribution >= 0.6 is 12.2 Å². The van der Waals surface area contributed by atoms with Crippen molar-refractivity contribution in [2.45, 2.75) is 58.0 Å². The Bertz CT molecular complexity index is 263. The number of rotatable bonds is 5. The van der Waals surface area contributed by atoms with Crippen molar-refractivity contribution in [1.82, 2.24) is 0 Å². The van der Waals surface area contributed by atoms with E-state index in [2.05, 4.69) is 6.92 Å². The first-order valence-electron chi connectivity index (χ1n) is 6.51. The zero-order valence-electron chi connectivity index (χ0n) is 10.2. The lowest BCUT2D eigenvalue weighted by Crippen LogP contribution is -2.29. The maximum Gasteiger partial charge on any atom is 0.0733 e. The van der Waals surface area contributed by atoms with Crippen molar-refractivity contribution in [3.8, 4) is 0 Å². The van der Waals surface area contributed by atoms with Gasteiger partial charge in [0.25, 0.3) is 0 Å². The van der Waals surface area contributed by atoms with Crippen LogP contribution < -0.4 is 5.73 Å². The molecule has 2 N–H and O–H groups in total. The predicted molar refractivity (Wildman–Crippen MR) is 70.4 cm³/mol. The molecule has 0 spiro atoms. The lowest BCUT2D eigenvalue weighted by molar-refractivity contribution is -0.0257. The van der Waals surface area contributed by atoms with Gasteiger partial charge in [0, 0.05) is 11.8 Å². The van der Waals surface area contributed by atoms with Gasteiger partial charge in [0.05, 0.1) is 17.7 Å². The average molecular weight is 241 g/mol. The fraction of sp³-hybridized carbons (Fsp3) is 0.923. The molecule has 2 atom stereocenters. The molecule has 92 valence electrons. The summed E-state index contributed by atoms with van der Waals surface area (Å²) in [5.74, 6) is 0.731. The van der Waals surface area contributed by atoms with Crippen LogP contribution in [0, 0.1) is 11.3 Å². The molecule has 2 nitrogen and oxygen atoms in total. The Hall–Kier alpha value is -0.150. The molecule has 0 aromatic carbocycles. The third-order valence-electron chi connectivity index (χ3n) is 4.14. The molecule has 0 radical (unpaired) electrons. The zero-order chi connectivity index (χ0) is 11.6. The van der Waals surface area contributed by atoms with Gasteiger partial charge in [-0.2, -0.15) is 0 Å². The van der Waals surface area contributed by atoms with Crippen molar-refractivity contribution >= 4 is 17.2 Å². The standard InChI is InChI=1S/C13H23NOS/c1-10-4-2-3-5-11(10)15-9-13(6-7-13)8-12(14)16/h10-11H,2-9H2,1H3,(H2,14,16). The van der Waals surface area contributed by atoms with Crippen molar-refractivity contribution in [3.63, 3.8) is 0 Å². The lowest BCUT2D eigenvalue weighted by atomic mass is 9.88. The fourth-order valence-corrected chi connectivity index (χ4v) is 3.04. The van der Waals surface area contributed by atoms with E-state index in [0.717, 1.165) is 18.9 Å². The summed E-state index contributed by atoms with van der Waals surface area (Å²) in [6.45, 7) is 3.19. The highest BCUT2D eigenvalue weighted by molar-refractivity contribution is 7.80. The summed E-state index contributed by atoms with van der Waals surface area (Å²) >= 11 is 5.00. The Morgan fingerprint density at radius 2 is 2.06 bits per heavy atom. The quantitative estimate of drug-likeness (QED) is 0.751. The first kappa shape index (κ1) is 12.3. The summed E-state index contributed by atoms with van der Waals surface area (Å²) in [5, 5.41) is 0. The molecule has 0 bridgehead atoms. The van der Waals surface area contributed by atoms with Crippen molar-refractivity contribution in [2.24, 2.45) is 17.1 Å². The van der Waals surface area contributed by atoms with Crippen LogP contribution in [0.3, 0.4) is 0 Å². The Morgan fingerprint density at radius 1 is 1.38 bits per heavy atom. The molecule has 0 aromatic heterocycles. The molecular formula is C13H23NOS. The van der Waals surface area contributed by atoms with Crippen molar-refractivity contribution in [3.05, 3.63) is 0 Å². The normalized spacial score (nSPS) is 32.3. The second kappa shape index (κ2) is 5.01. The summed E-state index contributed by atoms with van der Waals surface area (Å²) in [4.78, 5) is 0.651. The summed E-state index contributed by atoms with van der Waals surface area (Å²) in [6.07, 6.45) is 9.12. The first-order chi connectivity index (χ1) is 7.61. The molecule has 0 saturated heterocycles. The van der Waals surface area contributed by atoms with Crippen molar-refractivity contribution in [2.75, 3.05) is 6.61 Å². The monoisotopic (exact) mass is 241 g/mol. The second-order valence-corrected chi connectivity index (χ2v) is 6.28. The van der Waals surface area contributed by atoms with Gasteiger partial charge in [-0.1, -0.05) is 32.0 Å². The van der Waals surface area contributed by atoms with E-state index in [1.54, 1.807) is 0 Å². The average Bonchev–Trinajstić information content (AvgIpc) is 2.96. The molecule has 16 heavy (non-hydrogen) atoms. The number of thiocarbonyl (C=S) groups is 1. The molecule has 0 heterocycles. The molecule has 2 fully saturated rings. The van der Waals surface area contributed by atoms with Crippen LogP contribution in [0.2, 0.25) is 0 Å². The van der Waals surface area contributed by atoms with Crippen LogP contribution in [0.4, 0.5) is 0 Å². The topological polar surface area (TPSA) is 35.2 Å². The Labute approximate surface area is 104 Å². The molecule has 0 aromatic rings. The van der Waals surface area contributed by atoms with Crippen molar-refractivity contribution in [1.29, 1.82) is 0 Å². The minimum atomic E-state index is 0.322. The highest BCUT2D eigenvalue weighted by Gasteiger charge is 2.44. The Morgan fingerprint density at radius 3 is 2.62 bits per heavy atom. The van der Waals surface area contributed by atoms with Crippen molar-refractivity contribution < 1.29 is 4.74 Å². The molecule has 2 aliphatic carbocycles. The number of hydrogen-bond acceptors (Lipinski definition) is 2. The number of nitrogens with two attached hydrogens (primary N) is 1. The number of ether oxygens (including phenoxy) is 1. The van der Waals surface area contributed by atoms with Gasteiger partial charge in [0.1, 0.15) is 0 Å². The van der Waals surface area contributed by atoms with E-state index >= 15 is 0 Å². The maximum absolute atomic E-state index is 6.11. The Kier molecular flexibility index (Phi) is 3.85. The van der Waals surface area contributed by atoms with Crippen LogP contribution in [-0.2, 0) is 4.74 Å². The second-order valence-electron chi connectivity index (χ2n) is 5.75. The minimum Gasteiger partial charge on any atom is -0.393 e. The largest absolute Gasteiger partial charge is 0.393 e. The van der Waals surface area contributed by atoms with Gasteiger partial charge < -0.3 is 10.5 Å². The van der Waals surface area contributed by atoms with Crippen LogP contribution in [0.15, 0.2) is 0 Å². The van der Waals surface area contributed by atoms with Gasteiger partial charge in [-0.15, -0.1) is 0 Å². The Balaban J connectivity index is 1.76. The molecule has 3 heteroatoms. The van der Waals surface area contributed by atoms with Crippen LogP contribution in [-0.4, -0.2) is 17.7 Å². The SMILES string of the molecule is CC1CCCCC1OCC1(CC(N)=S)CC1. The van der Waals surface area contributed by atoms with E-state index in [4.69, 9.17) is 22.7 Å². The fourth-order valence-electron chi connectivity index (χ4n) is 2.73. The summed E-state index contributed by atoms with van der Waals surface area (Å²) < 4.78 is 6.11. The first-order valence-corrected chi connectivity index (χ1v) is 6.92. The van der Waals surface area contributed by atoms with Crippen LogP contribution in [0.1, 0.15) is 51.9 Å². The summed E-state index contributed by atoms with van der Waals surface area (Å²) in [6, 6.07) is 0. The van der Waals surface area contributed by atoms with Gasteiger partial charge in [-0.05, 0) is 31.6 Å². The number of hydrogen-bond donors (Lipinski definition) is 1. The third kappa shape index (κ3) is 3.17. The third-order valence-corrected chi connectivity index (χ3v) is 4.29. The molecule has 2 aliphatic rings. The molecule has 0 amide bonds. The van der Waals surface area contributed by atoms with E-state index in [9.17, 15) is 0 Å². The molecule has 0 aliphatic heterocycles. The van der Waals surface area contributed by atoms with E-state index in [1.807, 2.05) is 0 Å². The van der Waals surface area contributed by atoms with E-state index < -0.39 is 0 Å². The van der Waals surface area contributed by atoms with E-state index in [-0.39, 0.29) is 0 Å². The highest BCUT2D eigenvalue weighted by Crippen LogP contribution is 2.49. The van der Waals surface area contributed by atoms with Gasteiger partial charge in [0.15, 0.2) is 0 Å². The van der Waals surface area contributed by atoms with Crippen LogP contribution in [0.5, 0.6) is 0 Å². The minimum absolute atomic E-state index is 0.322. The maximum atomic E-state index is 6.11. The molecular weight excluding hydrogens is 218 g/mol. The smallest absolute Gasteiger partial charge is 0.0733 e. The summed E-state index contributed by atoms with van der Waals surface area (Å²) in [5.41, 5.74) is 5.95. The lowest BCUT2D eigenvalue weighted by Gasteiger charge is -2.30. The van der Waals surface area contributed by atoms with E-state index in [0.29, 0.717) is 16.5 Å². The van der Waals surface area contributed by atoms with Gasteiger partial charge in [-0.25, -0.2) is 0 Å². The molecule has 2 unspecified atom stereocenters. The van der Waals surface area contributed by atoms with Crippen LogP contribution in [0.25, 0.3) is 0 Å². The van der Waals surface area contributed by atoms with Gasteiger partial charge in [0.2, 0.25) is 0 Å². The van der Waals surface area contributed by atoms with Gasteiger partial charge >= 0.3 is 0 Å².